The van der Waals surface area contributed by atoms with Crippen LogP contribution in [0, 0.1) is 17.2 Å². The number of carbonyl (C=O) groups is 3. The van der Waals surface area contributed by atoms with E-state index in [1.54, 1.807) is 13.8 Å². The molecule has 0 fully saturated rings. The third kappa shape index (κ3) is 5.33. The topological polar surface area (TPSA) is 95.5 Å². The molecule has 0 saturated carbocycles. The summed E-state index contributed by atoms with van der Waals surface area (Å²) >= 11 is 0. The molecule has 6 nitrogen and oxygen atoms in total. The van der Waals surface area contributed by atoms with Crippen LogP contribution < -0.4 is 10.6 Å². The van der Waals surface area contributed by atoms with E-state index in [1.165, 1.54) is 26.0 Å². The van der Waals surface area contributed by atoms with Crippen LogP contribution in [-0.2, 0) is 9.59 Å². The van der Waals surface area contributed by atoms with Gasteiger partial charge in [-0.05, 0) is 44.0 Å². The SMILES string of the molecule is CC(C)C(NC(=O)c1ccc(F)cc1)C(=O)NCC(C)(C)C(=O)O. The van der Waals surface area contributed by atoms with Gasteiger partial charge in [-0.25, -0.2) is 4.39 Å². The molecule has 1 unspecified atom stereocenters. The number of benzene rings is 1. The zero-order valence-electron chi connectivity index (χ0n) is 14.2. The van der Waals surface area contributed by atoms with Crippen molar-refractivity contribution in [3.8, 4) is 0 Å². The molecule has 2 amide bonds. The van der Waals surface area contributed by atoms with Gasteiger partial charge in [-0.1, -0.05) is 13.8 Å². The average Bonchev–Trinajstić information content (AvgIpc) is 2.50. The van der Waals surface area contributed by atoms with Crippen molar-refractivity contribution in [3.05, 3.63) is 35.6 Å². The van der Waals surface area contributed by atoms with Crippen LogP contribution in [0.4, 0.5) is 4.39 Å². The van der Waals surface area contributed by atoms with E-state index in [1.807, 2.05) is 0 Å². The fourth-order valence-electron chi connectivity index (χ4n) is 1.85. The molecule has 0 saturated heterocycles. The molecule has 0 aliphatic carbocycles. The summed E-state index contributed by atoms with van der Waals surface area (Å²) in [5.41, 5.74) is -0.876. The molecule has 0 aromatic heterocycles. The van der Waals surface area contributed by atoms with Crippen molar-refractivity contribution in [2.75, 3.05) is 6.54 Å². The van der Waals surface area contributed by atoms with Gasteiger partial charge in [0.25, 0.3) is 5.91 Å². The van der Waals surface area contributed by atoms with Crippen molar-refractivity contribution in [1.29, 1.82) is 0 Å². The number of halogens is 1. The quantitative estimate of drug-likeness (QED) is 0.706. The number of carboxylic acid groups (broad SMARTS) is 1. The molecule has 24 heavy (non-hydrogen) atoms. The van der Waals surface area contributed by atoms with Gasteiger partial charge >= 0.3 is 5.97 Å². The van der Waals surface area contributed by atoms with Gasteiger partial charge in [0.2, 0.25) is 5.91 Å². The third-order valence-electron chi connectivity index (χ3n) is 3.63. The lowest BCUT2D eigenvalue weighted by Gasteiger charge is -2.25. The molecule has 3 N–H and O–H groups in total. The van der Waals surface area contributed by atoms with Crippen LogP contribution in [0.1, 0.15) is 38.1 Å². The van der Waals surface area contributed by atoms with E-state index in [0.717, 1.165) is 12.1 Å². The Balaban J connectivity index is 2.76. The Bertz CT molecular complexity index is 612. The van der Waals surface area contributed by atoms with E-state index < -0.39 is 35.1 Å². The number of carbonyl (C=O) groups excluding carboxylic acids is 2. The number of rotatable bonds is 7. The van der Waals surface area contributed by atoms with Gasteiger partial charge in [-0.3, -0.25) is 14.4 Å². The van der Waals surface area contributed by atoms with Crippen molar-refractivity contribution < 1.29 is 23.9 Å². The summed E-state index contributed by atoms with van der Waals surface area (Å²) in [4.78, 5) is 35.5. The Morgan fingerprint density at radius 3 is 2.17 bits per heavy atom. The van der Waals surface area contributed by atoms with Crippen LogP contribution in [0.15, 0.2) is 24.3 Å². The normalized spacial score (nSPS) is 12.6. The smallest absolute Gasteiger partial charge is 0.310 e. The van der Waals surface area contributed by atoms with E-state index >= 15 is 0 Å². The first-order valence-electron chi connectivity index (χ1n) is 7.62. The van der Waals surface area contributed by atoms with E-state index in [0.29, 0.717) is 0 Å². The minimum atomic E-state index is -1.11. The standard InChI is InChI=1S/C17H23FN2O4/c1-10(2)13(15(22)19-9-17(3,4)16(23)24)20-14(21)11-5-7-12(18)8-6-11/h5-8,10,13H,9H2,1-4H3,(H,19,22)(H,20,21)(H,23,24). The van der Waals surface area contributed by atoms with E-state index in [-0.39, 0.29) is 18.0 Å². The van der Waals surface area contributed by atoms with Gasteiger partial charge in [0.1, 0.15) is 11.9 Å². The van der Waals surface area contributed by atoms with Gasteiger partial charge in [-0.15, -0.1) is 0 Å². The molecule has 1 aromatic rings. The van der Waals surface area contributed by atoms with Crippen LogP contribution in [0.3, 0.4) is 0 Å². The summed E-state index contributed by atoms with van der Waals surface area (Å²) in [6.45, 7) is 6.46. The highest BCUT2D eigenvalue weighted by Crippen LogP contribution is 2.14. The van der Waals surface area contributed by atoms with Gasteiger partial charge in [-0.2, -0.15) is 0 Å². The van der Waals surface area contributed by atoms with E-state index in [2.05, 4.69) is 10.6 Å². The van der Waals surface area contributed by atoms with Gasteiger partial charge < -0.3 is 15.7 Å². The lowest BCUT2D eigenvalue weighted by atomic mass is 9.93. The second-order valence-electron chi connectivity index (χ2n) is 6.61. The van der Waals surface area contributed by atoms with Crippen LogP contribution in [-0.4, -0.2) is 35.5 Å². The first-order chi connectivity index (χ1) is 11.0. The summed E-state index contributed by atoms with van der Waals surface area (Å²) in [5.74, 6) is -2.65. The van der Waals surface area contributed by atoms with Crippen LogP contribution >= 0.6 is 0 Å². The van der Waals surface area contributed by atoms with Crippen molar-refractivity contribution in [3.63, 3.8) is 0 Å². The lowest BCUT2D eigenvalue weighted by Crippen LogP contribution is -2.52. The molecule has 1 rings (SSSR count). The van der Waals surface area contributed by atoms with Crippen molar-refractivity contribution in [1.82, 2.24) is 10.6 Å². The third-order valence-corrected chi connectivity index (χ3v) is 3.63. The first kappa shape index (κ1) is 19.6. The second-order valence-corrected chi connectivity index (χ2v) is 6.61. The number of hydrogen-bond donors (Lipinski definition) is 3. The minimum Gasteiger partial charge on any atom is -0.481 e. The fraction of sp³-hybridized carbons (Fsp3) is 0.471. The summed E-state index contributed by atoms with van der Waals surface area (Å²) in [6.07, 6.45) is 0. The van der Waals surface area contributed by atoms with Crippen LogP contribution in [0.5, 0.6) is 0 Å². The van der Waals surface area contributed by atoms with E-state index in [4.69, 9.17) is 5.11 Å². The molecule has 0 aliphatic rings. The summed E-state index contributed by atoms with van der Waals surface area (Å²) in [6, 6.07) is 4.15. The van der Waals surface area contributed by atoms with Crippen LogP contribution in [0.25, 0.3) is 0 Å². The molecule has 7 heteroatoms. The monoisotopic (exact) mass is 338 g/mol. The number of hydrogen-bond acceptors (Lipinski definition) is 3. The number of aliphatic carboxylic acids is 1. The highest BCUT2D eigenvalue weighted by Gasteiger charge is 2.30. The van der Waals surface area contributed by atoms with Gasteiger partial charge in [0.15, 0.2) is 0 Å². The fourth-order valence-corrected chi connectivity index (χ4v) is 1.85. The maximum absolute atomic E-state index is 12.9. The highest BCUT2D eigenvalue weighted by atomic mass is 19.1. The molecule has 0 bridgehead atoms. The molecule has 0 aliphatic heterocycles. The Morgan fingerprint density at radius 2 is 1.71 bits per heavy atom. The Labute approximate surface area is 140 Å². The van der Waals surface area contributed by atoms with E-state index in [9.17, 15) is 18.8 Å². The largest absolute Gasteiger partial charge is 0.481 e. The molecule has 0 spiro atoms. The lowest BCUT2D eigenvalue weighted by molar-refractivity contribution is -0.146. The Kier molecular flexibility index (Phi) is 6.45. The number of carboxylic acids is 1. The number of amides is 2. The zero-order chi connectivity index (χ0) is 18.5. The van der Waals surface area contributed by atoms with Crippen molar-refractivity contribution in [2.24, 2.45) is 11.3 Å². The molecule has 132 valence electrons. The summed E-state index contributed by atoms with van der Waals surface area (Å²) < 4.78 is 12.9. The highest BCUT2D eigenvalue weighted by molar-refractivity contribution is 5.97. The van der Waals surface area contributed by atoms with Gasteiger partial charge in [0.05, 0.1) is 5.41 Å². The molecular weight excluding hydrogens is 315 g/mol. The Morgan fingerprint density at radius 1 is 1.17 bits per heavy atom. The molecule has 0 heterocycles. The molecule has 1 atom stereocenters. The summed E-state index contributed by atoms with van der Waals surface area (Å²) in [5, 5.41) is 14.2. The van der Waals surface area contributed by atoms with Gasteiger partial charge in [0, 0.05) is 12.1 Å². The minimum absolute atomic E-state index is 0.0587. The molecule has 1 aromatic carbocycles. The molecular formula is C17H23FN2O4. The predicted molar refractivity (Wildman–Crippen MR) is 86.9 cm³/mol. The molecule has 0 radical (unpaired) electrons. The van der Waals surface area contributed by atoms with Crippen molar-refractivity contribution in [2.45, 2.75) is 33.7 Å². The number of nitrogens with one attached hydrogen (secondary N) is 2. The maximum Gasteiger partial charge on any atom is 0.310 e. The summed E-state index contributed by atoms with van der Waals surface area (Å²) in [7, 11) is 0. The average molecular weight is 338 g/mol. The Hall–Kier alpha value is -2.44. The zero-order valence-corrected chi connectivity index (χ0v) is 14.2. The van der Waals surface area contributed by atoms with Crippen LogP contribution in [0.2, 0.25) is 0 Å². The second kappa shape index (κ2) is 7.90. The first-order valence-corrected chi connectivity index (χ1v) is 7.62. The predicted octanol–water partition coefficient (Wildman–Crippen LogP) is 1.81. The maximum atomic E-state index is 12.9. The van der Waals surface area contributed by atoms with Crippen molar-refractivity contribution >= 4 is 17.8 Å².